The minimum absolute atomic E-state index is 0.0741. The molecule has 0 bridgehead atoms. The first-order valence-electron chi connectivity index (χ1n) is 9.44. The zero-order valence-electron chi connectivity index (χ0n) is 17.0. The van der Waals surface area contributed by atoms with Crippen LogP contribution in [0.25, 0.3) is 11.4 Å². The highest BCUT2D eigenvalue weighted by molar-refractivity contribution is 5.77. The first kappa shape index (κ1) is 20.3. The van der Waals surface area contributed by atoms with E-state index in [1.54, 1.807) is 11.0 Å². The van der Waals surface area contributed by atoms with Crippen LogP contribution in [0.15, 0.2) is 59.6 Å². The van der Waals surface area contributed by atoms with Crippen molar-refractivity contribution < 1.29 is 14.1 Å². The van der Waals surface area contributed by atoms with E-state index in [0.717, 1.165) is 16.7 Å². The standard InChI is InChI=1S/C23H25N3O3/c1-5-12-26(22(27)15-28-20-11-8-17(3)18(4)13-20)14-21-24-23(25-29-21)19-9-6-16(2)7-10-19/h5-11,13H,1,12,14-15H2,2-4H3. The van der Waals surface area contributed by atoms with Gasteiger partial charge in [-0.1, -0.05) is 47.1 Å². The number of aromatic nitrogens is 2. The third-order valence-electron chi connectivity index (χ3n) is 4.65. The molecule has 0 fully saturated rings. The second kappa shape index (κ2) is 9.19. The van der Waals surface area contributed by atoms with Crippen LogP contribution >= 0.6 is 0 Å². The Morgan fingerprint density at radius 1 is 1.14 bits per heavy atom. The molecule has 0 aliphatic heterocycles. The zero-order valence-corrected chi connectivity index (χ0v) is 17.0. The SMILES string of the molecule is C=CCN(Cc1nc(-c2ccc(C)cc2)no1)C(=O)COc1ccc(C)c(C)c1. The van der Waals surface area contributed by atoms with Crippen LogP contribution in [0.3, 0.4) is 0 Å². The molecule has 0 saturated carbocycles. The number of nitrogens with zero attached hydrogens (tertiary/aromatic N) is 3. The second-order valence-corrected chi connectivity index (χ2v) is 6.98. The maximum absolute atomic E-state index is 12.6. The molecule has 0 N–H and O–H groups in total. The number of amides is 1. The number of aryl methyl sites for hydroxylation is 3. The summed E-state index contributed by atoms with van der Waals surface area (Å²) in [7, 11) is 0. The van der Waals surface area contributed by atoms with Gasteiger partial charge in [-0.2, -0.15) is 4.98 Å². The molecule has 3 rings (SSSR count). The molecular weight excluding hydrogens is 366 g/mol. The largest absolute Gasteiger partial charge is 0.484 e. The average Bonchev–Trinajstić information content (AvgIpc) is 3.17. The number of rotatable bonds is 8. The molecule has 3 aromatic rings. The van der Waals surface area contributed by atoms with Gasteiger partial charge in [-0.15, -0.1) is 6.58 Å². The third kappa shape index (κ3) is 5.31. The molecule has 1 aromatic heterocycles. The molecule has 0 aliphatic carbocycles. The summed E-state index contributed by atoms with van der Waals surface area (Å²) in [5, 5.41) is 4.02. The van der Waals surface area contributed by atoms with E-state index in [4.69, 9.17) is 9.26 Å². The Kier molecular flexibility index (Phi) is 6.44. The summed E-state index contributed by atoms with van der Waals surface area (Å²) in [6.45, 7) is 10.3. The Morgan fingerprint density at radius 3 is 2.59 bits per heavy atom. The van der Waals surface area contributed by atoms with Gasteiger partial charge in [0, 0.05) is 12.1 Å². The molecule has 1 amide bonds. The van der Waals surface area contributed by atoms with E-state index in [1.807, 2.05) is 63.2 Å². The number of hydrogen-bond acceptors (Lipinski definition) is 5. The minimum Gasteiger partial charge on any atom is -0.484 e. The summed E-state index contributed by atoms with van der Waals surface area (Å²) in [4.78, 5) is 18.6. The lowest BCUT2D eigenvalue weighted by Crippen LogP contribution is -2.34. The monoisotopic (exact) mass is 391 g/mol. The highest BCUT2D eigenvalue weighted by Crippen LogP contribution is 2.18. The fourth-order valence-corrected chi connectivity index (χ4v) is 2.75. The van der Waals surface area contributed by atoms with Crippen molar-refractivity contribution in [2.45, 2.75) is 27.3 Å². The molecule has 6 heteroatoms. The van der Waals surface area contributed by atoms with Crippen LogP contribution in [0.1, 0.15) is 22.6 Å². The Labute approximate surface area is 170 Å². The number of carbonyl (C=O) groups excluding carboxylic acids is 1. The molecule has 1 heterocycles. The smallest absolute Gasteiger partial charge is 0.261 e. The van der Waals surface area contributed by atoms with Crippen molar-refractivity contribution in [1.29, 1.82) is 0 Å². The van der Waals surface area contributed by atoms with Gasteiger partial charge in [0.2, 0.25) is 11.7 Å². The predicted molar refractivity (Wildman–Crippen MR) is 111 cm³/mol. The van der Waals surface area contributed by atoms with Crippen LogP contribution < -0.4 is 4.74 Å². The number of ether oxygens (including phenoxy) is 1. The Bertz CT molecular complexity index is 993. The lowest BCUT2D eigenvalue weighted by atomic mass is 10.1. The van der Waals surface area contributed by atoms with Gasteiger partial charge in [-0.05, 0) is 44.0 Å². The molecule has 0 aliphatic rings. The van der Waals surface area contributed by atoms with Gasteiger partial charge in [0.15, 0.2) is 6.61 Å². The lowest BCUT2D eigenvalue weighted by Gasteiger charge is -2.19. The van der Waals surface area contributed by atoms with Crippen LogP contribution in [-0.2, 0) is 11.3 Å². The molecular formula is C23H25N3O3. The predicted octanol–water partition coefficient (Wildman–Crippen LogP) is 4.26. The van der Waals surface area contributed by atoms with Crippen molar-refractivity contribution in [3.8, 4) is 17.1 Å². The summed E-state index contributed by atoms with van der Waals surface area (Å²) in [5.74, 6) is 1.34. The summed E-state index contributed by atoms with van der Waals surface area (Å²) in [6.07, 6.45) is 1.66. The second-order valence-electron chi connectivity index (χ2n) is 6.98. The van der Waals surface area contributed by atoms with Gasteiger partial charge in [0.05, 0.1) is 0 Å². The molecule has 6 nitrogen and oxygen atoms in total. The molecule has 0 unspecified atom stereocenters. The van der Waals surface area contributed by atoms with Crippen molar-refractivity contribution in [3.63, 3.8) is 0 Å². The van der Waals surface area contributed by atoms with Crippen LogP contribution in [-0.4, -0.2) is 34.1 Å². The summed E-state index contributed by atoms with van der Waals surface area (Å²) in [5.41, 5.74) is 4.32. The molecule has 150 valence electrons. The van der Waals surface area contributed by atoms with E-state index in [1.165, 1.54) is 5.56 Å². The van der Waals surface area contributed by atoms with Crippen LogP contribution in [0.4, 0.5) is 0 Å². The Morgan fingerprint density at radius 2 is 1.90 bits per heavy atom. The van der Waals surface area contributed by atoms with E-state index >= 15 is 0 Å². The van der Waals surface area contributed by atoms with Crippen molar-refractivity contribution in [1.82, 2.24) is 15.0 Å². The first-order chi connectivity index (χ1) is 14.0. The Hall–Kier alpha value is -3.41. The number of benzene rings is 2. The fraction of sp³-hybridized carbons (Fsp3) is 0.261. The molecule has 29 heavy (non-hydrogen) atoms. The Balaban J connectivity index is 1.64. The molecule has 2 aromatic carbocycles. The van der Waals surface area contributed by atoms with Crippen molar-refractivity contribution in [3.05, 3.63) is 77.7 Å². The maximum Gasteiger partial charge on any atom is 0.261 e. The third-order valence-corrected chi connectivity index (χ3v) is 4.65. The lowest BCUT2D eigenvalue weighted by molar-refractivity contribution is -0.133. The topological polar surface area (TPSA) is 68.5 Å². The zero-order chi connectivity index (χ0) is 20.8. The van der Waals surface area contributed by atoms with Crippen molar-refractivity contribution in [2.75, 3.05) is 13.2 Å². The average molecular weight is 391 g/mol. The molecule has 0 spiro atoms. The van der Waals surface area contributed by atoms with E-state index < -0.39 is 0 Å². The maximum atomic E-state index is 12.6. The van der Waals surface area contributed by atoms with Crippen LogP contribution in [0, 0.1) is 20.8 Å². The van der Waals surface area contributed by atoms with E-state index in [2.05, 4.69) is 16.7 Å². The molecule has 0 saturated heterocycles. The van der Waals surface area contributed by atoms with Gasteiger partial charge in [0.25, 0.3) is 5.91 Å². The quantitative estimate of drug-likeness (QED) is 0.537. The summed E-state index contributed by atoms with van der Waals surface area (Å²) in [6, 6.07) is 13.6. The van der Waals surface area contributed by atoms with Crippen LogP contribution in [0.2, 0.25) is 0 Å². The number of hydrogen-bond donors (Lipinski definition) is 0. The van der Waals surface area contributed by atoms with E-state index in [0.29, 0.717) is 24.0 Å². The van der Waals surface area contributed by atoms with E-state index in [-0.39, 0.29) is 19.1 Å². The first-order valence-corrected chi connectivity index (χ1v) is 9.44. The molecule has 0 radical (unpaired) electrons. The minimum atomic E-state index is -0.182. The highest BCUT2D eigenvalue weighted by Gasteiger charge is 2.18. The fourth-order valence-electron chi connectivity index (χ4n) is 2.75. The summed E-state index contributed by atoms with van der Waals surface area (Å²) < 4.78 is 11.0. The van der Waals surface area contributed by atoms with Gasteiger partial charge < -0.3 is 14.2 Å². The number of carbonyl (C=O) groups is 1. The van der Waals surface area contributed by atoms with Crippen LogP contribution in [0.5, 0.6) is 5.75 Å². The van der Waals surface area contributed by atoms with Gasteiger partial charge in [0.1, 0.15) is 12.3 Å². The van der Waals surface area contributed by atoms with Gasteiger partial charge >= 0.3 is 0 Å². The normalized spacial score (nSPS) is 10.6. The highest BCUT2D eigenvalue weighted by atomic mass is 16.5. The van der Waals surface area contributed by atoms with E-state index in [9.17, 15) is 4.79 Å². The summed E-state index contributed by atoms with van der Waals surface area (Å²) >= 11 is 0. The van der Waals surface area contributed by atoms with Crippen molar-refractivity contribution in [2.24, 2.45) is 0 Å². The van der Waals surface area contributed by atoms with Gasteiger partial charge in [-0.3, -0.25) is 4.79 Å². The molecule has 0 atom stereocenters. The van der Waals surface area contributed by atoms with Gasteiger partial charge in [-0.25, -0.2) is 0 Å². The van der Waals surface area contributed by atoms with Crippen molar-refractivity contribution >= 4 is 5.91 Å².